The highest BCUT2D eigenvalue weighted by Crippen LogP contribution is 2.59. The van der Waals surface area contributed by atoms with Crippen LogP contribution < -0.4 is 11.1 Å². The molecule has 2 atom stereocenters. The van der Waals surface area contributed by atoms with Crippen LogP contribution in [0.5, 0.6) is 0 Å². The van der Waals surface area contributed by atoms with Gasteiger partial charge in [-0.25, -0.2) is 8.42 Å². The fourth-order valence-electron chi connectivity index (χ4n) is 7.17. The van der Waals surface area contributed by atoms with Gasteiger partial charge >= 0.3 is 0 Å². The van der Waals surface area contributed by atoms with Gasteiger partial charge in [0.15, 0.2) is 0 Å². The lowest BCUT2D eigenvalue weighted by molar-refractivity contribution is -0.147. The second-order valence-electron chi connectivity index (χ2n) is 11.0. The molecular formula is C26H31N3O4S. The summed E-state index contributed by atoms with van der Waals surface area (Å²) in [6.45, 7) is -0.167. The first-order valence-corrected chi connectivity index (χ1v) is 13.8. The standard InChI is InChI=1S/C26H31N3O4S/c27-25(31)26-12-16-9-19(13-26)24(20(10-16)14-26)28-23(30)15-29(21-6-7-21)34(32,33)22-8-5-17-3-1-2-4-18(17)11-22/h1-5,8,11,16,19-21,24H,6-7,9-10,12-15H2,(H2,27,31)(H,28,30). The highest BCUT2D eigenvalue weighted by atomic mass is 32.2. The minimum absolute atomic E-state index is 0.000881. The normalized spacial score (nSPS) is 32.3. The number of hydrogen-bond donors (Lipinski definition) is 2. The molecule has 4 bridgehead atoms. The molecule has 0 aliphatic heterocycles. The lowest BCUT2D eigenvalue weighted by Gasteiger charge is -2.58. The predicted octanol–water partition coefficient (Wildman–Crippen LogP) is 2.79. The largest absolute Gasteiger partial charge is 0.369 e. The number of carbonyl (C=O) groups is 2. The summed E-state index contributed by atoms with van der Waals surface area (Å²) >= 11 is 0. The summed E-state index contributed by atoms with van der Waals surface area (Å²) in [5.74, 6) is 0.553. The summed E-state index contributed by atoms with van der Waals surface area (Å²) in [7, 11) is -3.80. The van der Waals surface area contributed by atoms with Gasteiger partial charge in [0.25, 0.3) is 0 Å². The summed E-state index contributed by atoms with van der Waals surface area (Å²) in [4.78, 5) is 25.6. The Bertz CT molecular complexity index is 1260. The molecule has 5 aliphatic carbocycles. The highest BCUT2D eigenvalue weighted by Gasteiger charge is 2.58. The number of benzene rings is 2. The molecule has 34 heavy (non-hydrogen) atoms. The maximum Gasteiger partial charge on any atom is 0.243 e. The van der Waals surface area contributed by atoms with Crippen molar-refractivity contribution in [1.82, 2.24) is 9.62 Å². The van der Waals surface area contributed by atoms with E-state index < -0.39 is 15.4 Å². The van der Waals surface area contributed by atoms with Crippen LogP contribution in [0.25, 0.3) is 10.8 Å². The molecule has 2 amide bonds. The number of hydrogen-bond acceptors (Lipinski definition) is 4. The number of nitrogens with one attached hydrogen (secondary N) is 1. The zero-order valence-corrected chi connectivity index (χ0v) is 20.0. The number of fused-ring (bicyclic) bond motifs is 1. The maximum absolute atomic E-state index is 13.5. The van der Waals surface area contributed by atoms with Gasteiger partial charge in [0.05, 0.1) is 11.4 Å². The quantitative estimate of drug-likeness (QED) is 0.634. The molecule has 5 fully saturated rings. The van der Waals surface area contributed by atoms with E-state index in [9.17, 15) is 18.0 Å². The molecule has 180 valence electrons. The SMILES string of the molecule is NC(=O)C12CC3CC(C1)C(NC(=O)CN(C1CC1)S(=O)(=O)c1ccc4ccccc4c1)C(C3)C2. The minimum atomic E-state index is -3.80. The number of nitrogens with two attached hydrogens (primary N) is 1. The van der Waals surface area contributed by atoms with Gasteiger partial charge in [-0.1, -0.05) is 30.3 Å². The van der Waals surface area contributed by atoms with Gasteiger partial charge in [-0.2, -0.15) is 4.31 Å². The lowest BCUT2D eigenvalue weighted by atomic mass is 9.47. The van der Waals surface area contributed by atoms with Crippen LogP contribution in [0.15, 0.2) is 47.4 Å². The molecule has 0 aromatic heterocycles. The van der Waals surface area contributed by atoms with E-state index in [0.29, 0.717) is 5.92 Å². The molecule has 3 N–H and O–H groups in total. The Labute approximate surface area is 200 Å². The van der Waals surface area contributed by atoms with Crippen molar-refractivity contribution >= 4 is 32.6 Å². The highest BCUT2D eigenvalue weighted by molar-refractivity contribution is 7.89. The van der Waals surface area contributed by atoms with E-state index in [1.807, 2.05) is 30.3 Å². The van der Waals surface area contributed by atoms with Crippen molar-refractivity contribution in [2.75, 3.05) is 6.54 Å². The van der Waals surface area contributed by atoms with E-state index in [2.05, 4.69) is 5.32 Å². The molecule has 7 rings (SSSR count). The molecule has 0 saturated heterocycles. The van der Waals surface area contributed by atoms with E-state index in [0.717, 1.165) is 55.7 Å². The van der Waals surface area contributed by atoms with Crippen LogP contribution in [-0.4, -0.2) is 43.2 Å². The third-order valence-electron chi connectivity index (χ3n) is 8.70. The Balaban J connectivity index is 1.20. The number of nitrogens with zero attached hydrogens (tertiary/aromatic N) is 1. The van der Waals surface area contributed by atoms with Crippen LogP contribution in [0, 0.1) is 23.2 Å². The van der Waals surface area contributed by atoms with E-state index in [1.165, 1.54) is 4.31 Å². The Morgan fingerprint density at radius 3 is 2.32 bits per heavy atom. The first-order valence-electron chi connectivity index (χ1n) is 12.4. The van der Waals surface area contributed by atoms with Gasteiger partial charge in [0.1, 0.15) is 0 Å². The van der Waals surface area contributed by atoms with Crippen molar-refractivity contribution in [3.63, 3.8) is 0 Å². The van der Waals surface area contributed by atoms with Crippen LogP contribution >= 0.6 is 0 Å². The van der Waals surface area contributed by atoms with Gasteiger partial charge in [0.2, 0.25) is 21.8 Å². The molecule has 0 radical (unpaired) electrons. The fourth-order valence-corrected chi connectivity index (χ4v) is 8.85. The van der Waals surface area contributed by atoms with E-state index >= 15 is 0 Å². The van der Waals surface area contributed by atoms with Crippen LogP contribution in [0.3, 0.4) is 0 Å². The van der Waals surface area contributed by atoms with Crippen molar-refractivity contribution in [3.05, 3.63) is 42.5 Å². The van der Waals surface area contributed by atoms with Crippen LogP contribution in [-0.2, 0) is 19.6 Å². The summed E-state index contributed by atoms with van der Waals surface area (Å²) in [6.07, 6.45) is 5.94. The first kappa shape index (κ1) is 22.0. The topological polar surface area (TPSA) is 110 Å². The summed E-state index contributed by atoms with van der Waals surface area (Å²) in [5, 5.41) is 5.03. The number of sulfonamides is 1. The molecule has 0 spiro atoms. The second-order valence-corrected chi connectivity index (χ2v) is 12.9. The van der Waals surface area contributed by atoms with Crippen LogP contribution in [0.2, 0.25) is 0 Å². The van der Waals surface area contributed by atoms with E-state index in [-0.39, 0.29) is 47.2 Å². The van der Waals surface area contributed by atoms with Gasteiger partial charge in [-0.05, 0) is 85.6 Å². The fraction of sp³-hybridized carbons (Fsp3) is 0.538. The van der Waals surface area contributed by atoms with Crippen LogP contribution in [0.4, 0.5) is 0 Å². The molecular weight excluding hydrogens is 450 g/mol. The number of primary amides is 1. The van der Waals surface area contributed by atoms with Crippen molar-refractivity contribution in [2.45, 2.75) is 61.9 Å². The monoisotopic (exact) mass is 481 g/mol. The Morgan fingerprint density at radius 2 is 1.68 bits per heavy atom. The number of carbonyl (C=O) groups excluding carboxylic acids is 2. The Kier molecular flexibility index (Phi) is 5.04. The molecule has 5 saturated carbocycles. The lowest BCUT2D eigenvalue weighted by Crippen LogP contribution is -2.62. The molecule has 0 heterocycles. The average Bonchev–Trinajstić information content (AvgIpc) is 3.64. The average molecular weight is 482 g/mol. The first-order chi connectivity index (χ1) is 16.2. The summed E-state index contributed by atoms with van der Waals surface area (Å²) in [5.41, 5.74) is 5.38. The molecule has 7 nitrogen and oxygen atoms in total. The van der Waals surface area contributed by atoms with E-state index in [4.69, 9.17) is 5.73 Å². The van der Waals surface area contributed by atoms with Crippen molar-refractivity contribution in [3.8, 4) is 0 Å². The number of amides is 2. The van der Waals surface area contributed by atoms with Crippen LogP contribution in [0.1, 0.15) is 44.9 Å². The van der Waals surface area contributed by atoms with Crippen molar-refractivity contribution in [2.24, 2.45) is 28.9 Å². The molecule has 2 aromatic carbocycles. The van der Waals surface area contributed by atoms with Gasteiger partial charge in [-0.3, -0.25) is 9.59 Å². The second kappa shape index (κ2) is 7.78. The molecule has 5 aliphatic rings. The van der Waals surface area contributed by atoms with Gasteiger partial charge < -0.3 is 11.1 Å². The zero-order chi connectivity index (χ0) is 23.7. The summed E-state index contributed by atoms with van der Waals surface area (Å²) < 4.78 is 28.5. The van der Waals surface area contributed by atoms with Gasteiger partial charge in [0, 0.05) is 17.5 Å². The van der Waals surface area contributed by atoms with Gasteiger partial charge in [-0.15, -0.1) is 0 Å². The third kappa shape index (κ3) is 3.62. The Morgan fingerprint density at radius 1 is 1.00 bits per heavy atom. The summed E-state index contributed by atoms with van der Waals surface area (Å²) in [6, 6.07) is 12.7. The predicted molar refractivity (Wildman–Crippen MR) is 128 cm³/mol. The third-order valence-corrected chi connectivity index (χ3v) is 10.6. The smallest absolute Gasteiger partial charge is 0.243 e. The van der Waals surface area contributed by atoms with E-state index in [1.54, 1.807) is 12.1 Å². The molecule has 8 heteroatoms. The molecule has 2 unspecified atom stereocenters. The van der Waals surface area contributed by atoms with Crippen molar-refractivity contribution in [1.29, 1.82) is 0 Å². The molecule has 2 aromatic rings. The Hall–Kier alpha value is -2.45. The number of rotatable bonds is 7. The van der Waals surface area contributed by atoms with Crippen molar-refractivity contribution < 1.29 is 18.0 Å². The zero-order valence-electron chi connectivity index (χ0n) is 19.2. The minimum Gasteiger partial charge on any atom is -0.369 e. The maximum atomic E-state index is 13.5.